The van der Waals surface area contributed by atoms with Gasteiger partial charge in [-0.1, -0.05) is 0 Å². The highest BCUT2D eigenvalue weighted by atomic mass is 127. The van der Waals surface area contributed by atoms with Crippen LogP contribution in [0.4, 0.5) is 14.1 Å². The number of amides is 1. The third kappa shape index (κ3) is 3.59. The van der Waals surface area contributed by atoms with E-state index in [-0.39, 0.29) is 24.7 Å². The molecule has 2 heterocycles. The van der Waals surface area contributed by atoms with Gasteiger partial charge in [0.1, 0.15) is 11.6 Å². The highest BCUT2D eigenvalue weighted by Gasteiger charge is 2.35. The lowest BCUT2D eigenvalue weighted by Gasteiger charge is -2.16. The number of hydrogen-bond acceptors (Lipinski definition) is 4. The first kappa shape index (κ1) is 14.6. The summed E-state index contributed by atoms with van der Waals surface area (Å²) in [6.07, 6.45) is 0.919. The zero-order valence-corrected chi connectivity index (χ0v) is 12.5. The summed E-state index contributed by atoms with van der Waals surface area (Å²) in [4.78, 5) is 16.9. The van der Waals surface area contributed by atoms with Gasteiger partial charge in [0.05, 0.1) is 15.5 Å². The van der Waals surface area contributed by atoms with Gasteiger partial charge in [-0.3, -0.25) is 9.69 Å². The Balaban J connectivity index is 2.20. The largest absolute Gasteiger partial charge is 0.302 e. The summed E-state index contributed by atoms with van der Waals surface area (Å²) in [5, 5.41) is 0. The van der Waals surface area contributed by atoms with Crippen LogP contribution in [0.3, 0.4) is 0 Å². The second-order valence-electron chi connectivity index (χ2n) is 4.24. The van der Waals surface area contributed by atoms with Crippen LogP contribution in [0.1, 0.15) is 6.42 Å². The first-order valence-electron chi connectivity index (χ1n) is 5.30. The van der Waals surface area contributed by atoms with Crippen LogP contribution in [-0.2, 0) is 15.0 Å². The van der Waals surface area contributed by atoms with Gasteiger partial charge in [0.15, 0.2) is 0 Å². The van der Waals surface area contributed by atoms with Gasteiger partial charge >= 0.3 is 10.2 Å². The van der Waals surface area contributed by atoms with Crippen molar-refractivity contribution in [2.45, 2.75) is 6.42 Å². The van der Waals surface area contributed by atoms with Gasteiger partial charge in [0.2, 0.25) is 5.91 Å². The van der Waals surface area contributed by atoms with Gasteiger partial charge in [-0.25, -0.2) is 9.37 Å². The summed E-state index contributed by atoms with van der Waals surface area (Å²) >= 11 is 1.83. The molecule has 104 valence electrons. The molecule has 0 spiro atoms. The van der Waals surface area contributed by atoms with Gasteiger partial charge in [0.25, 0.3) is 0 Å². The van der Waals surface area contributed by atoms with Crippen LogP contribution in [0.25, 0.3) is 0 Å². The van der Waals surface area contributed by atoms with Gasteiger partial charge in [-0.05, 0) is 28.7 Å². The van der Waals surface area contributed by atoms with E-state index in [0.717, 1.165) is 6.20 Å². The number of hydrogen-bond donors (Lipinski definition) is 0. The smallest absolute Gasteiger partial charge is 0.296 e. The van der Waals surface area contributed by atoms with Gasteiger partial charge in [-0.15, -0.1) is 3.89 Å². The molecule has 1 unspecified atom stereocenters. The summed E-state index contributed by atoms with van der Waals surface area (Å²) in [6.45, 7) is 0.0661. The molecule has 1 saturated heterocycles. The second-order valence-corrected chi connectivity index (χ2v) is 6.81. The van der Waals surface area contributed by atoms with Crippen molar-refractivity contribution >= 4 is 44.5 Å². The highest BCUT2D eigenvalue weighted by molar-refractivity contribution is 14.1. The summed E-state index contributed by atoms with van der Waals surface area (Å²) in [5.74, 6) is -1.89. The Labute approximate surface area is 122 Å². The number of anilines is 1. The van der Waals surface area contributed by atoms with Crippen molar-refractivity contribution in [2.75, 3.05) is 17.2 Å². The van der Waals surface area contributed by atoms with Crippen molar-refractivity contribution in [3.63, 3.8) is 0 Å². The number of halogens is 3. The molecular formula is C10H9F2IN2O3S. The van der Waals surface area contributed by atoms with Crippen molar-refractivity contribution in [3.05, 3.63) is 21.7 Å². The molecule has 0 saturated carbocycles. The Morgan fingerprint density at radius 1 is 1.53 bits per heavy atom. The fourth-order valence-electron chi connectivity index (χ4n) is 1.99. The van der Waals surface area contributed by atoms with E-state index in [4.69, 9.17) is 0 Å². The van der Waals surface area contributed by atoms with Crippen molar-refractivity contribution in [1.82, 2.24) is 4.98 Å². The lowest BCUT2D eigenvalue weighted by Crippen LogP contribution is -2.27. The quantitative estimate of drug-likeness (QED) is 0.568. The van der Waals surface area contributed by atoms with E-state index in [1.165, 1.54) is 11.0 Å². The molecule has 0 aromatic carbocycles. The standard InChI is InChI=1S/C10H9F2IN2O3S/c11-7-2-8(13)10(14-3-7)15-4-6(1-9(15)16)5-19(12,17)18/h2-3,6H,1,4-5H2. The molecule has 9 heteroatoms. The minimum Gasteiger partial charge on any atom is -0.296 e. The highest BCUT2D eigenvalue weighted by Crippen LogP contribution is 2.28. The second kappa shape index (κ2) is 5.27. The number of nitrogens with zero attached hydrogens (tertiary/aromatic N) is 2. The predicted molar refractivity (Wildman–Crippen MR) is 72.3 cm³/mol. The van der Waals surface area contributed by atoms with Crippen LogP contribution in [0.5, 0.6) is 0 Å². The van der Waals surface area contributed by atoms with E-state index >= 15 is 0 Å². The average molecular weight is 402 g/mol. The number of pyridine rings is 1. The SMILES string of the molecule is O=C1CC(CS(=O)(=O)F)CN1c1ncc(F)cc1I. The monoisotopic (exact) mass is 402 g/mol. The molecule has 1 amide bonds. The Morgan fingerprint density at radius 2 is 2.21 bits per heavy atom. The normalized spacial score (nSPS) is 20.1. The summed E-state index contributed by atoms with van der Waals surface area (Å²) in [6, 6.07) is 1.22. The van der Waals surface area contributed by atoms with Crippen molar-refractivity contribution in [1.29, 1.82) is 0 Å². The zero-order chi connectivity index (χ0) is 14.2. The fraction of sp³-hybridized carbons (Fsp3) is 0.400. The lowest BCUT2D eigenvalue weighted by molar-refractivity contribution is -0.117. The van der Waals surface area contributed by atoms with E-state index in [1.807, 2.05) is 22.6 Å². The first-order chi connectivity index (χ1) is 8.76. The first-order valence-corrected chi connectivity index (χ1v) is 7.93. The number of rotatable bonds is 3. The minimum absolute atomic E-state index is 0.0573. The maximum absolute atomic E-state index is 12.9. The predicted octanol–water partition coefficient (Wildman–Crippen LogP) is 1.48. The molecule has 0 N–H and O–H groups in total. The topological polar surface area (TPSA) is 67.3 Å². The Kier molecular flexibility index (Phi) is 4.04. The number of carbonyl (C=O) groups is 1. The van der Waals surface area contributed by atoms with Crippen LogP contribution in [0, 0.1) is 15.3 Å². The maximum Gasteiger partial charge on any atom is 0.302 e. The summed E-state index contributed by atoms with van der Waals surface area (Å²) < 4.78 is 47.1. The average Bonchev–Trinajstić information content (AvgIpc) is 2.56. The molecule has 1 fully saturated rings. The van der Waals surface area contributed by atoms with E-state index < -0.39 is 27.7 Å². The van der Waals surface area contributed by atoms with Crippen LogP contribution in [0.15, 0.2) is 12.3 Å². The van der Waals surface area contributed by atoms with E-state index in [1.54, 1.807) is 0 Å². The molecule has 0 aliphatic carbocycles. The molecule has 1 aliphatic rings. The Hall–Kier alpha value is -0.840. The van der Waals surface area contributed by atoms with E-state index in [0.29, 0.717) is 3.57 Å². The van der Waals surface area contributed by atoms with E-state index in [2.05, 4.69) is 4.98 Å². The number of carbonyl (C=O) groups excluding carboxylic acids is 1. The molecule has 1 aromatic rings. The molecule has 5 nitrogen and oxygen atoms in total. The molecular weight excluding hydrogens is 393 g/mol. The molecule has 0 bridgehead atoms. The third-order valence-corrected chi connectivity index (χ3v) is 4.35. The Bertz CT molecular complexity index is 623. The van der Waals surface area contributed by atoms with Gasteiger partial charge in [0, 0.05) is 18.9 Å². The zero-order valence-electron chi connectivity index (χ0n) is 9.51. The molecule has 0 radical (unpaired) electrons. The number of aromatic nitrogens is 1. The lowest BCUT2D eigenvalue weighted by atomic mass is 10.1. The molecule has 1 aromatic heterocycles. The fourth-order valence-corrected chi connectivity index (χ4v) is 3.50. The van der Waals surface area contributed by atoms with Crippen molar-refractivity contribution < 1.29 is 21.5 Å². The molecule has 1 aliphatic heterocycles. The van der Waals surface area contributed by atoms with Crippen LogP contribution in [-0.4, -0.2) is 31.6 Å². The van der Waals surface area contributed by atoms with Crippen LogP contribution >= 0.6 is 22.6 Å². The van der Waals surface area contributed by atoms with Gasteiger partial charge < -0.3 is 0 Å². The van der Waals surface area contributed by atoms with Crippen molar-refractivity contribution in [3.8, 4) is 0 Å². The molecule has 2 rings (SSSR count). The van der Waals surface area contributed by atoms with E-state index in [9.17, 15) is 21.5 Å². The summed E-state index contributed by atoms with van der Waals surface area (Å²) in [5.41, 5.74) is 0. The van der Waals surface area contributed by atoms with Crippen LogP contribution < -0.4 is 4.90 Å². The minimum atomic E-state index is -4.61. The summed E-state index contributed by atoms with van der Waals surface area (Å²) in [7, 11) is -4.61. The van der Waals surface area contributed by atoms with Crippen LogP contribution in [0.2, 0.25) is 0 Å². The van der Waals surface area contributed by atoms with Gasteiger partial charge in [-0.2, -0.15) is 8.42 Å². The Morgan fingerprint density at radius 3 is 2.79 bits per heavy atom. The van der Waals surface area contributed by atoms with Crippen molar-refractivity contribution in [2.24, 2.45) is 5.92 Å². The molecule has 19 heavy (non-hydrogen) atoms. The molecule has 1 atom stereocenters. The third-order valence-electron chi connectivity index (χ3n) is 2.68. The maximum atomic E-state index is 12.9.